The van der Waals surface area contributed by atoms with Crippen molar-refractivity contribution in [3.8, 4) is 0 Å². The van der Waals surface area contributed by atoms with Crippen LogP contribution in [0.5, 0.6) is 0 Å². The van der Waals surface area contributed by atoms with Crippen LogP contribution in [0, 0.1) is 5.92 Å². The highest BCUT2D eigenvalue weighted by Crippen LogP contribution is 2.41. The molecule has 2 fully saturated rings. The van der Waals surface area contributed by atoms with Crippen LogP contribution in [-0.2, 0) is 9.47 Å². The molecule has 0 unspecified atom stereocenters. The van der Waals surface area contributed by atoms with Gasteiger partial charge in [-0.05, 0) is 19.8 Å². The zero-order valence-electron chi connectivity index (χ0n) is 8.01. The summed E-state index contributed by atoms with van der Waals surface area (Å²) in [5.74, 6) is 0.383. The molecule has 0 aromatic carbocycles. The second-order valence-corrected chi connectivity index (χ2v) is 4.20. The molecule has 1 heterocycles. The van der Waals surface area contributed by atoms with Gasteiger partial charge in [0.1, 0.15) is 0 Å². The molecule has 2 nitrogen and oxygen atoms in total. The molecule has 0 bridgehead atoms. The standard InChI is InChI=1S/C10H18O2/c1-8-5-3-4-6-10(8)11-7-9(2)12-10/h8-9H,3-7H2,1-2H3/t8-,9+,10-/m0/s1. The molecule has 1 spiro atoms. The first-order valence-corrected chi connectivity index (χ1v) is 5.05. The van der Waals surface area contributed by atoms with Crippen LogP contribution in [-0.4, -0.2) is 18.5 Å². The molecule has 0 aromatic heterocycles. The lowest BCUT2D eigenvalue weighted by Gasteiger charge is -2.37. The average Bonchev–Trinajstić information content (AvgIpc) is 2.41. The molecule has 2 rings (SSSR count). The lowest BCUT2D eigenvalue weighted by atomic mass is 9.84. The molecule has 0 radical (unpaired) electrons. The van der Waals surface area contributed by atoms with Gasteiger partial charge >= 0.3 is 0 Å². The Morgan fingerprint density at radius 2 is 2.08 bits per heavy atom. The van der Waals surface area contributed by atoms with E-state index in [1.54, 1.807) is 0 Å². The van der Waals surface area contributed by atoms with E-state index in [1.165, 1.54) is 19.3 Å². The van der Waals surface area contributed by atoms with E-state index in [0.717, 1.165) is 13.0 Å². The highest BCUT2D eigenvalue weighted by atomic mass is 16.7. The number of hydrogen-bond acceptors (Lipinski definition) is 2. The van der Waals surface area contributed by atoms with Gasteiger partial charge in [0.15, 0.2) is 5.79 Å². The largest absolute Gasteiger partial charge is 0.347 e. The number of rotatable bonds is 0. The van der Waals surface area contributed by atoms with Crippen LogP contribution < -0.4 is 0 Å². The Hall–Kier alpha value is -0.0800. The van der Waals surface area contributed by atoms with Crippen molar-refractivity contribution in [2.24, 2.45) is 5.92 Å². The van der Waals surface area contributed by atoms with Gasteiger partial charge in [-0.3, -0.25) is 0 Å². The molecule has 0 N–H and O–H groups in total. The maximum atomic E-state index is 5.88. The molecule has 2 aliphatic rings. The van der Waals surface area contributed by atoms with Gasteiger partial charge in [0.25, 0.3) is 0 Å². The second-order valence-electron chi connectivity index (χ2n) is 4.20. The predicted molar refractivity (Wildman–Crippen MR) is 46.9 cm³/mol. The van der Waals surface area contributed by atoms with Crippen LogP contribution in [0.15, 0.2) is 0 Å². The van der Waals surface area contributed by atoms with E-state index in [9.17, 15) is 0 Å². The van der Waals surface area contributed by atoms with Gasteiger partial charge in [-0.15, -0.1) is 0 Å². The van der Waals surface area contributed by atoms with Crippen molar-refractivity contribution in [3.63, 3.8) is 0 Å². The van der Waals surface area contributed by atoms with Gasteiger partial charge in [0.2, 0.25) is 0 Å². The van der Waals surface area contributed by atoms with Crippen molar-refractivity contribution in [1.82, 2.24) is 0 Å². The van der Waals surface area contributed by atoms with Gasteiger partial charge in [-0.1, -0.05) is 13.3 Å². The predicted octanol–water partition coefficient (Wildman–Crippen LogP) is 2.33. The average molecular weight is 170 g/mol. The summed E-state index contributed by atoms with van der Waals surface area (Å²) in [6.45, 7) is 5.12. The van der Waals surface area contributed by atoms with Crippen LogP contribution in [0.25, 0.3) is 0 Å². The van der Waals surface area contributed by atoms with Crippen LogP contribution >= 0.6 is 0 Å². The topological polar surface area (TPSA) is 18.5 Å². The third kappa shape index (κ3) is 1.27. The fourth-order valence-electron chi connectivity index (χ4n) is 2.34. The summed E-state index contributed by atoms with van der Waals surface area (Å²) >= 11 is 0. The third-order valence-corrected chi connectivity index (χ3v) is 3.13. The van der Waals surface area contributed by atoms with Crippen LogP contribution in [0.3, 0.4) is 0 Å². The maximum Gasteiger partial charge on any atom is 0.171 e. The Labute approximate surface area is 74.2 Å². The van der Waals surface area contributed by atoms with Gasteiger partial charge < -0.3 is 9.47 Å². The van der Waals surface area contributed by atoms with Crippen LogP contribution in [0.2, 0.25) is 0 Å². The molecule has 0 amide bonds. The van der Waals surface area contributed by atoms with E-state index in [2.05, 4.69) is 13.8 Å². The summed E-state index contributed by atoms with van der Waals surface area (Å²) in [5, 5.41) is 0. The number of hydrogen-bond donors (Lipinski definition) is 0. The van der Waals surface area contributed by atoms with E-state index in [4.69, 9.17) is 9.47 Å². The Morgan fingerprint density at radius 3 is 2.67 bits per heavy atom. The third-order valence-electron chi connectivity index (χ3n) is 3.13. The molecular formula is C10H18O2. The van der Waals surface area contributed by atoms with Crippen molar-refractivity contribution in [3.05, 3.63) is 0 Å². The smallest absolute Gasteiger partial charge is 0.171 e. The Bertz CT molecular complexity index is 165. The van der Waals surface area contributed by atoms with Crippen LogP contribution in [0.4, 0.5) is 0 Å². The highest BCUT2D eigenvalue weighted by Gasteiger charge is 2.45. The first-order chi connectivity index (χ1) is 5.73. The molecule has 3 atom stereocenters. The van der Waals surface area contributed by atoms with Gasteiger partial charge in [-0.25, -0.2) is 0 Å². The molecule has 1 aliphatic carbocycles. The van der Waals surface area contributed by atoms with Gasteiger partial charge in [0.05, 0.1) is 12.7 Å². The van der Waals surface area contributed by atoms with Gasteiger partial charge in [0, 0.05) is 12.3 Å². The van der Waals surface area contributed by atoms with Crippen molar-refractivity contribution in [2.75, 3.05) is 6.61 Å². The lowest BCUT2D eigenvalue weighted by Crippen LogP contribution is -2.40. The second kappa shape index (κ2) is 3.00. The zero-order chi connectivity index (χ0) is 8.60. The van der Waals surface area contributed by atoms with E-state index in [0.29, 0.717) is 12.0 Å². The molecule has 1 aliphatic heterocycles. The highest BCUT2D eigenvalue weighted by molar-refractivity contribution is 4.85. The van der Waals surface area contributed by atoms with Crippen LogP contribution in [0.1, 0.15) is 39.5 Å². The summed E-state index contributed by atoms with van der Waals surface area (Å²) in [5.41, 5.74) is 0. The van der Waals surface area contributed by atoms with Crippen molar-refractivity contribution >= 4 is 0 Å². The zero-order valence-corrected chi connectivity index (χ0v) is 8.01. The summed E-state index contributed by atoms with van der Waals surface area (Å²) in [4.78, 5) is 0. The molecule has 1 saturated heterocycles. The first-order valence-electron chi connectivity index (χ1n) is 5.05. The molecule has 0 aromatic rings. The Balaban J connectivity index is 2.07. The van der Waals surface area contributed by atoms with Crippen molar-refractivity contribution < 1.29 is 9.47 Å². The summed E-state index contributed by atoms with van der Waals surface area (Å²) in [6, 6.07) is 0. The monoisotopic (exact) mass is 170 g/mol. The minimum absolute atomic E-state index is 0.197. The fourth-order valence-corrected chi connectivity index (χ4v) is 2.34. The van der Waals surface area contributed by atoms with Crippen molar-refractivity contribution in [1.29, 1.82) is 0 Å². The fraction of sp³-hybridized carbons (Fsp3) is 1.00. The molecular weight excluding hydrogens is 152 g/mol. The summed E-state index contributed by atoms with van der Waals surface area (Å²) < 4.78 is 11.7. The normalized spacial score (nSPS) is 48.5. The Morgan fingerprint density at radius 1 is 1.25 bits per heavy atom. The maximum absolute atomic E-state index is 5.88. The quantitative estimate of drug-likeness (QED) is 0.555. The molecule has 2 heteroatoms. The first kappa shape index (κ1) is 8.52. The Kier molecular flexibility index (Phi) is 2.13. The molecule has 12 heavy (non-hydrogen) atoms. The van der Waals surface area contributed by atoms with E-state index < -0.39 is 0 Å². The van der Waals surface area contributed by atoms with Crippen molar-refractivity contribution in [2.45, 2.75) is 51.4 Å². The molecule has 70 valence electrons. The number of ether oxygens (including phenoxy) is 2. The van der Waals surface area contributed by atoms with E-state index >= 15 is 0 Å². The summed E-state index contributed by atoms with van der Waals surface area (Å²) in [6.07, 6.45) is 5.25. The SMILES string of the molecule is C[C@@H]1CO[C@@]2(CCCC[C@@H]2C)O1. The lowest BCUT2D eigenvalue weighted by molar-refractivity contribution is -0.215. The van der Waals surface area contributed by atoms with E-state index in [-0.39, 0.29) is 5.79 Å². The summed E-state index contributed by atoms with van der Waals surface area (Å²) in [7, 11) is 0. The van der Waals surface area contributed by atoms with Gasteiger partial charge in [-0.2, -0.15) is 0 Å². The van der Waals surface area contributed by atoms with E-state index in [1.807, 2.05) is 0 Å². The minimum atomic E-state index is -0.197. The molecule has 1 saturated carbocycles. The minimum Gasteiger partial charge on any atom is -0.347 e.